The molecule has 1 aromatic carbocycles. The van der Waals surface area contributed by atoms with Crippen LogP contribution in [0.2, 0.25) is 0 Å². The zero-order valence-corrected chi connectivity index (χ0v) is 12.4. The van der Waals surface area contributed by atoms with E-state index in [1.807, 2.05) is 0 Å². The maximum atomic E-state index is 12.5. The molecule has 0 aromatic heterocycles. The fourth-order valence-electron chi connectivity index (χ4n) is 3.07. The lowest BCUT2D eigenvalue weighted by Gasteiger charge is -2.42. The Labute approximate surface area is 128 Å². The van der Waals surface area contributed by atoms with Crippen LogP contribution in [0.4, 0.5) is 13.2 Å². The van der Waals surface area contributed by atoms with E-state index >= 15 is 0 Å². The van der Waals surface area contributed by atoms with Gasteiger partial charge in [-0.2, -0.15) is 13.2 Å². The number of benzene rings is 1. The van der Waals surface area contributed by atoms with Gasteiger partial charge in [0.2, 0.25) is 0 Å². The van der Waals surface area contributed by atoms with Crippen LogP contribution in [0.1, 0.15) is 36.5 Å². The van der Waals surface area contributed by atoms with Crippen LogP contribution in [-0.4, -0.2) is 30.6 Å². The number of rotatable bonds is 1. The van der Waals surface area contributed by atoms with Gasteiger partial charge in [-0.3, -0.25) is 4.90 Å². The van der Waals surface area contributed by atoms with Gasteiger partial charge in [0.25, 0.3) is 0 Å². The fourth-order valence-corrected chi connectivity index (χ4v) is 3.07. The number of nitrogens with zero attached hydrogens (tertiary/aromatic N) is 1. The maximum Gasteiger partial charge on any atom is 0.416 e. The number of piperidine rings is 1. The van der Waals surface area contributed by atoms with E-state index in [4.69, 9.17) is 4.74 Å². The van der Waals surface area contributed by atoms with Gasteiger partial charge in [-0.15, -0.1) is 12.4 Å². The topological polar surface area (TPSA) is 12.5 Å². The van der Waals surface area contributed by atoms with E-state index in [0.29, 0.717) is 12.6 Å². The van der Waals surface area contributed by atoms with Gasteiger partial charge in [-0.05, 0) is 37.1 Å². The first kappa shape index (κ1) is 16.6. The summed E-state index contributed by atoms with van der Waals surface area (Å²) in [4.78, 5) is 2.41. The predicted molar refractivity (Wildman–Crippen MR) is 76.6 cm³/mol. The highest BCUT2D eigenvalue weighted by molar-refractivity contribution is 5.85. The van der Waals surface area contributed by atoms with E-state index in [-0.39, 0.29) is 18.5 Å². The third-order valence-electron chi connectivity index (χ3n) is 4.25. The molecule has 0 saturated carbocycles. The lowest BCUT2D eigenvalue weighted by Crippen LogP contribution is -2.48. The second-order valence-corrected chi connectivity index (χ2v) is 5.59. The molecule has 2 fully saturated rings. The molecular formula is C15H19ClF3NO. The molecule has 2 unspecified atom stereocenters. The smallest absolute Gasteiger partial charge is 0.371 e. The summed E-state index contributed by atoms with van der Waals surface area (Å²) in [7, 11) is 0. The van der Waals surface area contributed by atoms with Crippen LogP contribution < -0.4 is 0 Å². The Morgan fingerprint density at radius 1 is 1.10 bits per heavy atom. The van der Waals surface area contributed by atoms with Crippen molar-refractivity contribution in [2.24, 2.45) is 0 Å². The van der Waals surface area contributed by atoms with Gasteiger partial charge in [-0.1, -0.05) is 18.6 Å². The second-order valence-electron chi connectivity index (χ2n) is 5.59. The Balaban J connectivity index is 0.00000161. The highest BCUT2D eigenvalue weighted by Gasteiger charge is 2.33. The molecule has 2 atom stereocenters. The Kier molecular flexibility index (Phi) is 5.17. The summed E-state index contributed by atoms with van der Waals surface area (Å²) in [6, 6.07) is 5.85. The van der Waals surface area contributed by atoms with E-state index in [9.17, 15) is 13.2 Å². The molecule has 2 aliphatic heterocycles. The standard InChI is InChI=1S/C15H18F3NO.ClH/c16-15(17,18)12-6-4-11(5-7-12)14-9-19-8-2-1-3-13(19)10-20-14;/h4-7,13-14H,1-3,8-10H2;1H. The van der Waals surface area contributed by atoms with Crippen LogP contribution in [0, 0.1) is 0 Å². The molecule has 2 aliphatic rings. The molecule has 21 heavy (non-hydrogen) atoms. The molecule has 0 spiro atoms. The Bertz CT molecular complexity index is 463. The van der Waals surface area contributed by atoms with Gasteiger partial charge in [0.15, 0.2) is 0 Å². The summed E-state index contributed by atoms with van der Waals surface area (Å²) in [6.45, 7) is 2.55. The number of ether oxygens (including phenoxy) is 1. The van der Waals surface area contributed by atoms with Crippen molar-refractivity contribution in [3.05, 3.63) is 35.4 Å². The van der Waals surface area contributed by atoms with Gasteiger partial charge in [-0.25, -0.2) is 0 Å². The monoisotopic (exact) mass is 321 g/mol. The molecule has 2 nitrogen and oxygen atoms in total. The average Bonchev–Trinajstić information content (AvgIpc) is 2.46. The minimum atomic E-state index is -4.27. The summed E-state index contributed by atoms with van der Waals surface area (Å²) in [5.41, 5.74) is 0.231. The van der Waals surface area contributed by atoms with E-state index in [0.717, 1.165) is 30.8 Å². The third-order valence-corrected chi connectivity index (χ3v) is 4.25. The van der Waals surface area contributed by atoms with Crippen molar-refractivity contribution in [2.45, 2.75) is 37.6 Å². The van der Waals surface area contributed by atoms with Crippen LogP contribution in [0.3, 0.4) is 0 Å². The predicted octanol–water partition coefficient (Wildman–Crippen LogP) is 4.05. The number of halogens is 4. The van der Waals surface area contributed by atoms with E-state index in [1.54, 1.807) is 0 Å². The molecule has 0 amide bonds. The van der Waals surface area contributed by atoms with Crippen LogP contribution >= 0.6 is 12.4 Å². The quantitative estimate of drug-likeness (QED) is 0.773. The summed E-state index contributed by atoms with van der Waals surface area (Å²) >= 11 is 0. The van der Waals surface area contributed by atoms with Crippen LogP contribution in [-0.2, 0) is 10.9 Å². The largest absolute Gasteiger partial charge is 0.416 e. The minimum Gasteiger partial charge on any atom is -0.371 e. The van der Waals surface area contributed by atoms with Crippen molar-refractivity contribution in [3.63, 3.8) is 0 Å². The Morgan fingerprint density at radius 2 is 1.81 bits per heavy atom. The molecule has 2 saturated heterocycles. The summed E-state index contributed by atoms with van der Waals surface area (Å²) in [5.74, 6) is 0. The normalized spacial score (nSPS) is 26.8. The SMILES string of the molecule is Cl.FC(F)(F)c1ccc(C2CN3CCCCC3CO2)cc1. The van der Waals surface area contributed by atoms with Crippen molar-refractivity contribution in [2.75, 3.05) is 19.7 Å². The number of alkyl halides is 3. The van der Waals surface area contributed by atoms with E-state index < -0.39 is 11.7 Å². The fraction of sp³-hybridized carbons (Fsp3) is 0.600. The number of hydrogen-bond donors (Lipinski definition) is 0. The molecule has 118 valence electrons. The van der Waals surface area contributed by atoms with Crippen molar-refractivity contribution in [1.82, 2.24) is 4.90 Å². The van der Waals surface area contributed by atoms with Crippen LogP contribution in [0.25, 0.3) is 0 Å². The lowest BCUT2D eigenvalue weighted by molar-refractivity contribution is -0.137. The first-order valence-corrected chi connectivity index (χ1v) is 7.07. The summed E-state index contributed by atoms with van der Waals surface area (Å²) in [5, 5.41) is 0. The van der Waals surface area contributed by atoms with Gasteiger partial charge >= 0.3 is 6.18 Å². The maximum absolute atomic E-state index is 12.5. The molecule has 2 heterocycles. The van der Waals surface area contributed by atoms with Gasteiger partial charge in [0.05, 0.1) is 18.3 Å². The molecule has 1 aromatic rings. The Hall–Kier alpha value is -0.780. The summed E-state index contributed by atoms with van der Waals surface area (Å²) in [6.07, 6.45) is -0.762. The third kappa shape index (κ3) is 3.71. The number of morpholine rings is 1. The van der Waals surface area contributed by atoms with Crippen molar-refractivity contribution in [3.8, 4) is 0 Å². The van der Waals surface area contributed by atoms with E-state index in [1.165, 1.54) is 31.4 Å². The molecule has 0 N–H and O–H groups in total. The number of fused-ring (bicyclic) bond motifs is 1. The molecule has 6 heteroatoms. The van der Waals surface area contributed by atoms with Crippen LogP contribution in [0.5, 0.6) is 0 Å². The second kappa shape index (κ2) is 6.55. The zero-order chi connectivity index (χ0) is 14.2. The Morgan fingerprint density at radius 3 is 2.48 bits per heavy atom. The van der Waals surface area contributed by atoms with Crippen molar-refractivity contribution in [1.29, 1.82) is 0 Å². The molecule has 3 rings (SSSR count). The van der Waals surface area contributed by atoms with Gasteiger partial charge in [0, 0.05) is 12.6 Å². The lowest BCUT2D eigenvalue weighted by atomic mass is 9.98. The van der Waals surface area contributed by atoms with Crippen molar-refractivity contribution < 1.29 is 17.9 Å². The highest BCUT2D eigenvalue weighted by Crippen LogP contribution is 2.32. The molecule has 0 aliphatic carbocycles. The van der Waals surface area contributed by atoms with E-state index in [2.05, 4.69) is 4.90 Å². The highest BCUT2D eigenvalue weighted by atomic mass is 35.5. The summed E-state index contributed by atoms with van der Waals surface area (Å²) < 4.78 is 43.5. The van der Waals surface area contributed by atoms with Crippen molar-refractivity contribution >= 4 is 12.4 Å². The van der Waals surface area contributed by atoms with Crippen LogP contribution in [0.15, 0.2) is 24.3 Å². The minimum absolute atomic E-state index is 0. The zero-order valence-electron chi connectivity index (χ0n) is 11.6. The first-order chi connectivity index (χ1) is 9.54. The molecule has 0 bridgehead atoms. The molecular weight excluding hydrogens is 303 g/mol. The number of hydrogen-bond acceptors (Lipinski definition) is 2. The average molecular weight is 322 g/mol. The van der Waals surface area contributed by atoms with Gasteiger partial charge < -0.3 is 4.74 Å². The first-order valence-electron chi connectivity index (χ1n) is 7.07. The van der Waals surface area contributed by atoms with Gasteiger partial charge in [0.1, 0.15) is 0 Å². The molecule has 0 radical (unpaired) electrons.